The number of pyridine rings is 1. The Morgan fingerprint density at radius 3 is 2.21 bits per heavy atom. The Bertz CT molecular complexity index is 1450. The quantitative estimate of drug-likeness (QED) is 0.379. The lowest BCUT2D eigenvalue weighted by Gasteiger charge is -2.20. The standard InChI is InChI=1S/C24H21Cl3N4O2/c1-24(2,3)28-22(32)17-12-16-20(13-5-7-14(25)8-6-13)31(29-21(16)30(4)23(17)33)19-10-9-15(26)11-18(19)27/h5-12H,1-4H3,(H,28,32). The summed E-state index contributed by atoms with van der Waals surface area (Å²) >= 11 is 18.7. The molecule has 4 rings (SSSR count). The maximum Gasteiger partial charge on any atom is 0.264 e. The molecule has 170 valence electrons. The number of nitrogens with one attached hydrogen (secondary N) is 1. The van der Waals surface area contributed by atoms with Crippen LogP contribution in [0.25, 0.3) is 28.0 Å². The number of aromatic nitrogens is 3. The van der Waals surface area contributed by atoms with Gasteiger partial charge in [0.2, 0.25) is 0 Å². The number of nitrogens with zero attached hydrogens (tertiary/aromatic N) is 3. The summed E-state index contributed by atoms with van der Waals surface area (Å²) in [5, 5.41) is 9.62. The third-order valence-electron chi connectivity index (χ3n) is 5.03. The molecule has 6 nitrogen and oxygen atoms in total. The van der Waals surface area contributed by atoms with Crippen molar-refractivity contribution >= 4 is 51.7 Å². The Balaban J connectivity index is 2.07. The Morgan fingerprint density at radius 2 is 1.61 bits per heavy atom. The van der Waals surface area contributed by atoms with Gasteiger partial charge in [0.1, 0.15) is 5.56 Å². The van der Waals surface area contributed by atoms with Crippen molar-refractivity contribution in [3.8, 4) is 16.9 Å². The first kappa shape index (κ1) is 23.4. The molecule has 1 N–H and O–H groups in total. The molecular formula is C24H21Cl3N4O2. The minimum atomic E-state index is -0.503. The molecule has 0 aliphatic carbocycles. The Hall–Kier alpha value is -2.80. The van der Waals surface area contributed by atoms with Crippen LogP contribution >= 0.6 is 34.8 Å². The van der Waals surface area contributed by atoms with Crippen molar-refractivity contribution in [1.29, 1.82) is 0 Å². The van der Waals surface area contributed by atoms with Crippen LogP contribution in [0.4, 0.5) is 0 Å². The van der Waals surface area contributed by atoms with Crippen LogP contribution in [0.15, 0.2) is 53.3 Å². The molecule has 9 heteroatoms. The first-order valence-electron chi connectivity index (χ1n) is 10.1. The van der Waals surface area contributed by atoms with Gasteiger partial charge in [0.25, 0.3) is 11.5 Å². The highest BCUT2D eigenvalue weighted by Crippen LogP contribution is 2.34. The highest BCUT2D eigenvalue weighted by atomic mass is 35.5. The van der Waals surface area contributed by atoms with E-state index in [4.69, 9.17) is 39.9 Å². The number of hydrogen-bond acceptors (Lipinski definition) is 3. The lowest BCUT2D eigenvalue weighted by Crippen LogP contribution is -2.43. The van der Waals surface area contributed by atoms with Crippen molar-refractivity contribution < 1.29 is 4.79 Å². The summed E-state index contributed by atoms with van der Waals surface area (Å²) in [5.41, 5.74) is 1.51. The normalized spacial score (nSPS) is 11.7. The van der Waals surface area contributed by atoms with Crippen molar-refractivity contribution in [2.75, 3.05) is 0 Å². The summed E-state index contributed by atoms with van der Waals surface area (Å²) in [4.78, 5) is 26.0. The number of fused-ring (bicyclic) bond motifs is 1. The molecule has 0 aliphatic heterocycles. The smallest absolute Gasteiger partial charge is 0.264 e. The van der Waals surface area contributed by atoms with E-state index in [1.807, 2.05) is 32.9 Å². The van der Waals surface area contributed by atoms with Crippen molar-refractivity contribution in [2.45, 2.75) is 26.3 Å². The van der Waals surface area contributed by atoms with Crippen LogP contribution in [-0.4, -0.2) is 25.8 Å². The number of amides is 1. The van der Waals surface area contributed by atoms with Crippen molar-refractivity contribution in [3.63, 3.8) is 0 Å². The maximum atomic E-state index is 13.1. The highest BCUT2D eigenvalue weighted by Gasteiger charge is 2.24. The molecule has 33 heavy (non-hydrogen) atoms. The first-order valence-corrected chi connectivity index (χ1v) is 11.3. The molecule has 2 aromatic heterocycles. The van der Waals surface area contributed by atoms with Crippen LogP contribution in [0, 0.1) is 0 Å². The Kier molecular flexibility index (Phi) is 6.03. The fraction of sp³-hybridized carbons (Fsp3) is 0.208. The third-order valence-corrected chi connectivity index (χ3v) is 5.82. The molecule has 1 amide bonds. The Morgan fingerprint density at radius 1 is 0.970 bits per heavy atom. The molecule has 4 aromatic rings. The number of carbonyl (C=O) groups excluding carboxylic acids is 1. The van der Waals surface area contributed by atoms with Gasteiger partial charge in [-0.15, -0.1) is 5.10 Å². The number of aryl methyl sites for hydroxylation is 1. The predicted molar refractivity (Wildman–Crippen MR) is 134 cm³/mol. The summed E-state index contributed by atoms with van der Waals surface area (Å²) in [7, 11) is 1.59. The summed E-state index contributed by atoms with van der Waals surface area (Å²) in [6.45, 7) is 5.56. The van der Waals surface area contributed by atoms with Gasteiger partial charge < -0.3 is 5.32 Å². The van der Waals surface area contributed by atoms with Crippen molar-refractivity contribution in [1.82, 2.24) is 19.7 Å². The first-order chi connectivity index (χ1) is 15.5. The zero-order valence-electron chi connectivity index (χ0n) is 18.4. The zero-order valence-corrected chi connectivity index (χ0v) is 20.7. The fourth-order valence-electron chi connectivity index (χ4n) is 3.57. The van der Waals surface area contributed by atoms with Crippen LogP contribution in [0.3, 0.4) is 0 Å². The summed E-state index contributed by atoms with van der Waals surface area (Å²) < 4.78 is 3.02. The molecule has 0 aliphatic rings. The van der Waals surface area contributed by atoms with Gasteiger partial charge in [0.15, 0.2) is 5.65 Å². The molecule has 0 atom stereocenters. The molecule has 0 unspecified atom stereocenters. The van der Waals surface area contributed by atoms with Crippen molar-refractivity contribution in [3.05, 3.63) is 79.5 Å². The van der Waals surface area contributed by atoms with E-state index in [1.165, 1.54) is 4.57 Å². The van der Waals surface area contributed by atoms with Crippen LogP contribution in [0.1, 0.15) is 31.1 Å². The maximum absolute atomic E-state index is 13.1. The average molecular weight is 504 g/mol. The highest BCUT2D eigenvalue weighted by molar-refractivity contribution is 6.35. The second-order valence-electron chi connectivity index (χ2n) is 8.73. The van der Waals surface area contributed by atoms with E-state index in [2.05, 4.69) is 5.32 Å². The van der Waals surface area contributed by atoms with Crippen LogP contribution in [0.2, 0.25) is 15.1 Å². The van der Waals surface area contributed by atoms with Gasteiger partial charge in [0, 0.05) is 33.6 Å². The van der Waals surface area contributed by atoms with Gasteiger partial charge in [-0.1, -0.05) is 46.9 Å². The molecule has 2 aromatic carbocycles. The van der Waals surface area contributed by atoms with Gasteiger partial charge in [-0.3, -0.25) is 14.2 Å². The van der Waals surface area contributed by atoms with Gasteiger partial charge in [0.05, 0.1) is 16.4 Å². The number of halogens is 3. The number of carbonyl (C=O) groups is 1. The van der Waals surface area contributed by atoms with Crippen molar-refractivity contribution in [2.24, 2.45) is 7.05 Å². The summed E-state index contributed by atoms with van der Waals surface area (Å²) in [6.07, 6.45) is 0. The minimum absolute atomic E-state index is 0.0249. The lowest BCUT2D eigenvalue weighted by molar-refractivity contribution is 0.0917. The van der Waals surface area contributed by atoms with Crippen LogP contribution in [0.5, 0.6) is 0 Å². The van der Waals surface area contributed by atoms with Gasteiger partial charge in [-0.2, -0.15) is 0 Å². The van der Waals surface area contributed by atoms with Crippen LogP contribution < -0.4 is 10.9 Å². The van der Waals surface area contributed by atoms with Gasteiger partial charge in [-0.25, -0.2) is 4.68 Å². The molecule has 0 radical (unpaired) electrons. The van der Waals surface area contributed by atoms with E-state index in [1.54, 1.807) is 48.1 Å². The minimum Gasteiger partial charge on any atom is -0.347 e. The van der Waals surface area contributed by atoms with E-state index in [0.29, 0.717) is 37.5 Å². The summed E-state index contributed by atoms with van der Waals surface area (Å²) in [6, 6.07) is 13.9. The van der Waals surface area contributed by atoms with Gasteiger partial charge >= 0.3 is 0 Å². The molecule has 0 saturated carbocycles. The Labute approximate surface area is 205 Å². The molecule has 2 heterocycles. The zero-order chi connectivity index (χ0) is 24.1. The van der Waals surface area contributed by atoms with Gasteiger partial charge in [-0.05, 0) is 57.2 Å². The average Bonchev–Trinajstić information content (AvgIpc) is 3.09. The van der Waals surface area contributed by atoms with E-state index >= 15 is 0 Å². The number of hydrogen-bond donors (Lipinski definition) is 1. The second-order valence-corrected chi connectivity index (χ2v) is 10.0. The van der Waals surface area contributed by atoms with Crippen LogP contribution in [-0.2, 0) is 7.05 Å². The monoisotopic (exact) mass is 502 g/mol. The lowest BCUT2D eigenvalue weighted by atomic mass is 10.1. The molecule has 0 saturated heterocycles. The number of rotatable bonds is 3. The molecular weight excluding hydrogens is 483 g/mol. The third kappa shape index (κ3) is 4.51. The summed E-state index contributed by atoms with van der Waals surface area (Å²) in [5.74, 6) is -0.454. The molecule has 0 bridgehead atoms. The SMILES string of the molecule is Cn1c(=O)c(C(=O)NC(C)(C)C)cc2c(-c3ccc(Cl)cc3)n(-c3ccc(Cl)cc3Cl)nc21. The molecule has 0 fully saturated rings. The molecule has 0 spiro atoms. The van der Waals surface area contributed by atoms with E-state index in [-0.39, 0.29) is 5.56 Å². The predicted octanol–water partition coefficient (Wildman–Crippen LogP) is 5.88. The topological polar surface area (TPSA) is 68.9 Å². The number of benzene rings is 2. The second kappa shape index (κ2) is 8.52. The van der Waals surface area contributed by atoms with E-state index in [0.717, 1.165) is 5.56 Å². The fourth-order valence-corrected chi connectivity index (χ4v) is 4.18. The largest absolute Gasteiger partial charge is 0.347 e. The van der Waals surface area contributed by atoms with E-state index in [9.17, 15) is 9.59 Å². The van der Waals surface area contributed by atoms with E-state index < -0.39 is 17.0 Å².